The van der Waals surface area contributed by atoms with E-state index in [1.54, 1.807) is 11.2 Å². The van der Waals surface area contributed by atoms with Gasteiger partial charge in [0.05, 0.1) is 17.7 Å². The summed E-state index contributed by atoms with van der Waals surface area (Å²) in [7, 11) is 0. The molecule has 1 aliphatic carbocycles. The van der Waals surface area contributed by atoms with E-state index in [-0.39, 0.29) is 11.8 Å². The van der Waals surface area contributed by atoms with E-state index >= 15 is 0 Å². The predicted octanol–water partition coefficient (Wildman–Crippen LogP) is 2.70. The van der Waals surface area contributed by atoms with Crippen LogP contribution in [-0.2, 0) is 6.42 Å². The van der Waals surface area contributed by atoms with Gasteiger partial charge in [0.25, 0.3) is 0 Å². The number of nitrogens with zero attached hydrogens (tertiary/aromatic N) is 5. The van der Waals surface area contributed by atoms with Crippen LogP contribution in [-0.4, -0.2) is 48.5 Å². The molecule has 0 bridgehead atoms. The molecule has 1 amide bonds. The zero-order chi connectivity index (χ0) is 20.1. The molecular weight excluding hydrogens is 382 g/mol. The molecule has 1 atom stereocenters. The molecule has 9 nitrogen and oxygen atoms in total. The lowest BCUT2D eigenvalue weighted by molar-refractivity contribution is 0.0647. The number of amides is 1. The van der Waals surface area contributed by atoms with Crippen molar-refractivity contribution in [1.29, 1.82) is 0 Å². The van der Waals surface area contributed by atoms with Gasteiger partial charge in [-0.2, -0.15) is 0 Å². The van der Waals surface area contributed by atoms with E-state index < -0.39 is 6.04 Å². The standard InChI is InChI=1S/C21H19N7O2/c29-20(19-26-27-21(30-19)25-14-5-6-14)28-8-7-15-17(24-11-23-15)18(28)16-9-12-3-1-2-4-13(12)10-22-16/h1-4,9-11,14,18H,5-8H2,(H,23,24)(H,25,27)/t18-/m0/s1. The lowest BCUT2D eigenvalue weighted by Crippen LogP contribution is -2.41. The fraction of sp³-hybridized carbons (Fsp3) is 0.286. The zero-order valence-electron chi connectivity index (χ0n) is 16.1. The minimum Gasteiger partial charge on any atom is -0.399 e. The van der Waals surface area contributed by atoms with Crippen LogP contribution in [0.15, 0.2) is 47.3 Å². The van der Waals surface area contributed by atoms with Crippen LogP contribution in [0.4, 0.5) is 6.01 Å². The summed E-state index contributed by atoms with van der Waals surface area (Å²) in [6, 6.07) is 10.3. The number of rotatable bonds is 4. The molecule has 4 aromatic rings. The van der Waals surface area contributed by atoms with Crippen molar-refractivity contribution >= 4 is 22.7 Å². The highest BCUT2D eigenvalue weighted by molar-refractivity contribution is 5.90. The molecule has 0 spiro atoms. The quantitative estimate of drug-likeness (QED) is 0.540. The molecule has 2 aliphatic rings. The number of carbonyl (C=O) groups excluding carboxylic acids is 1. The van der Waals surface area contributed by atoms with Crippen molar-refractivity contribution in [2.45, 2.75) is 31.3 Å². The van der Waals surface area contributed by atoms with E-state index in [0.29, 0.717) is 25.0 Å². The highest BCUT2D eigenvalue weighted by Gasteiger charge is 2.37. The number of nitrogens with one attached hydrogen (secondary N) is 2. The summed E-state index contributed by atoms with van der Waals surface area (Å²) in [5.74, 6) is -0.345. The maximum absolute atomic E-state index is 13.3. The first-order chi connectivity index (χ1) is 14.8. The number of hydrogen-bond acceptors (Lipinski definition) is 7. The second-order valence-electron chi connectivity index (χ2n) is 7.70. The minimum atomic E-state index is -0.427. The van der Waals surface area contributed by atoms with E-state index in [2.05, 4.69) is 30.5 Å². The summed E-state index contributed by atoms with van der Waals surface area (Å²) in [4.78, 5) is 27.4. The number of pyridine rings is 1. The fourth-order valence-corrected chi connectivity index (χ4v) is 3.94. The van der Waals surface area contributed by atoms with Gasteiger partial charge in [0, 0.05) is 36.3 Å². The van der Waals surface area contributed by atoms with E-state index in [1.165, 1.54) is 0 Å². The summed E-state index contributed by atoms with van der Waals surface area (Å²) in [6.45, 7) is 0.501. The number of H-pyrrole nitrogens is 1. The molecule has 4 heterocycles. The smallest absolute Gasteiger partial charge is 0.316 e. The summed E-state index contributed by atoms with van der Waals surface area (Å²) in [5, 5.41) is 13.2. The van der Waals surface area contributed by atoms with Gasteiger partial charge >= 0.3 is 17.8 Å². The second kappa shape index (κ2) is 6.65. The molecule has 9 heteroatoms. The number of benzene rings is 1. The summed E-state index contributed by atoms with van der Waals surface area (Å²) >= 11 is 0. The van der Waals surface area contributed by atoms with Gasteiger partial charge in [0.15, 0.2) is 0 Å². The van der Waals surface area contributed by atoms with Crippen LogP contribution in [0.5, 0.6) is 0 Å². The first-order valence-corrected chi connectivity index (χ1v) is 10.0. The number of aromatic amines is 1. The van der Waals surface area contributed by atoms with Crippen LogP contribution in [0.2, 0.25) is 0 Å². The average Bonchev–Trinajstić information content (AvgIpc) is 3.25. The van der Waals surface area contributed by atoms with E-state index in [9.17, 15) is 4.79 Å². The van der Waals surface area contributed by atoms with Gasteiger partial charge < -0.3 is 19.6 Å². The molecule has 0 unspecified atom stereocenters. The van der Waals surface area contributed by atoms with Crippen LogP contribution in [0.3, 0.4) is 0 Å². The Kier molecular flexibility index (Phi) is 3.80. The van der Waals surface area contributed by atoms with Gasteiger partial charge in [0.1, 0.15) is 6.04 Å². The molecular formula is C21H19N7O2. The zero-order valence-corrected chi connectivity index (χ0v) is 16.1. The van der Waals surface area contributed by atoms with Crippen molar-refractivity contribution in [1.82, 2.24) is 30.0 Å². The maximum atomic E-state index is 13.3. The van der Waals surface area contributed by atoms with Crippen LogP contribution in [0.25, 0.3) is 10.8 Å². The molecule has 6 rings (SSSR count). The van der Waals surface area contributed by atoms with Crippen molar-refractivity contribution in [2.24, 2.45) is 0 Å². The number of carbonyl (C=O) groups is 1. The molecule has 1 aromatic carbocycles. The molecule has 150 valence electrons. The highest BCUT2D eigenvalue weighted by Crippen LogP contribution is 2.34. The second-order valence-corrected chi connectivity index (χ2v) is 7.70. The number of fused-ring (bicyclic) bond motifs is 2. The maximum Gasteiger partial charge on any atom is 0.316 e. The molecule has 2 N–H and O–H groups in total. The number of anilines is 1. The topological polar surface area (TPSA) is 113 Å². The van der Waals surface area contributed by atoms with Crippen molar-refractivity contribution in [2.75, 3.05) is 11.9 Å². The average molecular weight is 401 g/mol. The molecule has 30 heavy (non-hydrogen) atoms. The van der Waals surface area contributed by atoms with Crippen molar-refractivity contribution in [3.63, 3.8) is 0 Å². The Bertz CT molecular complexity index is 1240. The van der Waals surface area contributed by atoms with E-state index in [1.807, 2.05) is 36.5 Å². The lowest BCUT2D eigenvalue weighted by Gasteiger charge is -2.33. The van der Waals surface area contributed by atoms with Crippen LogP contribution >= 0.6 is 0 Å². The van der Waals surface area contributed by atoms with Crippen LogP contribution < -0.4 is 5.32 Å². The van der Waals surface area contributed by atoms with E-state index in [4.69, 9.17) is 4.42 Å². The van der Waals surface area contributed by atoms with Gasteiger partial charge in [-0.05, 0) is 24.3 Å². The monoisotopic (exact) mass is 401 g/mol. The lowest BCUT2D eigenvalue weighted by atomic mass is 9.98. The third-order valence-corrected chi connectivity index (χ3v) is 5.63. The Hall–Kier alpha value is -3.75. The molecule has 1 saturated carbocycles. The molecule has 3 aromatic heterocycles. The first-order valence-electron chi connectivity index (χ1n) is 10.0. The van der Waals surface area contributed by atoms with Gasteiger partial charge in [-0.15, -0.1) is 5.10 Å². The van der Waals surface area contributed by atoms with Crippen molar-refractivity contribution < 1.29 is 9.21 Å². The summed E-state index contributed by atoms with van der Waals surface area (Å²) in [5.41, 5.74) is 2.57. The number of hydrogen-bond donors (Lipinski definition) is 2. The Balaban J connectivity index is 1.39. The first kappa shape index (κ1) is 17.1. The minimum absolute atomic E-state index is 0.0251. The normalized spacial score (nSPS) is 18.4. The molecule has 1 aliphatic heterocycles. The largest absolute Gasteiger partial charge is 0.399 e. The van der Waals surface area contributed by atoms with E-state index in [0.717, 1.165) is 40.7 Å². The molecule has 0 radical (unpaired) electrons. The SMILES string of the molecule is O=C(c1nnc(NC2CC2)o1)N1CCc2[nH]cnc2[C@@H]1c1cc2ccccc2cn1. The van der Waals surface area contributed by atoms with Gasteiger partial charge in [-0.25, -0.2) is 4.98 Å². The highest BCUT2D eigenvalue weighted by atomic mass is 16.4. The third kappa shape index (κ3) is 2.90. The number of imidazole rings is 1. The van der Waals surface area contributed by atoms with Gasteiger partial charge in [0.2, 0.25) is 0 Å². The summed E-state index contributed by atoms with van der Waals surface area (Å²) < 4.78 is 5.60. The fourth-order valence-electron chi connectivity index (χ4n) is 3.94. The summed E-state index contributed by atoms with van der Waals surface area (Å²) in [6.07, 6.45) is 6.33. The predicted molar refractivity (Wildman–Crippen MR) is 108 cm³/mol. The van der Waals surface area contributed by atoms with Gasteiger partial charge in [-0.1, -0.05) is 29.4 Å². The van der Waals surface area contributed by atoms with Crippen molar-refractivity contribution in [3.8, 4) is 0 Å². The molecule has 0 saturated heterocycles. The van der Waals surface area contributed by atoms with Crippen molar-refractivity contribution in [3.05, 3.63) is 65.8 Å². The Morgan fingerprint density at radius 3 is 2.90 bits per heavy atom. The van der Waals surface area contributed by atoms with Crippen LogP contribution in [0, 0.1) is 0 Å². The third-order valence-electron chi connectivity index (χ3n) is 5.63. The Morgan fingerprint density at radius 2 is 2.03 bits per heavy atom. The Labute approximate surface area is 171 Å². The van der Waals surface area contributed by atoms with Crippen LogP contribution in [0.1, 0.15) is 46.7 Å². The molecule has 1 fully saturated rings. The Morgan fingerprint density at radius 1 is 1.17 bits per heavy atom. The van der Waals surface area contributed by atoms with Gasteiger partial charge in [-0.3, -0.25) is 9.78 Å². The number of aromatic nitrogens is 5.